The van der Waals surface area contributed by atoms with E-state index in [1.54, 1.807) is 18.2 Å². The van der Waals surface area contributed by atoms with Crippen LogP contribution in [0.5, 0.6) is 11.5 Å². The van der Waals surface area contributed by atoms with Crippen molar-refractivity contribution < 1.29 is 23.8 Å². The summed E-state index contributed by atoms with van der Waals surface area (Å²) in [6.45, 7) is 5.12. The molecule has 29 heavy (non-hydrogen) atoms. The molecule has 8 heteroatoms. The Labute approximate surface area is 174 Å². The summed E-state index contributed by atoms with van der Waals surface area (Å²) in [5.74, 6) is -0.673. The highest BCUT2D eigenvalue weighted by Crippen LogP contribution is 2.37. The number of ether oxygens (including phenoxy) is 3. The highest BCUT2D eigenvalue weighted by atomic mass is 35.5. The molecule has 1 atom stereocenters. The first-order chi connectivity index (χ1) is 13.7. The van der Waals surface area contributed by atoms with Crippen molar-refractivity contribution in [1.29, 1.82) is 5.26 Å². The van der Waals surface area contributed by atoms with Crippen molar-refractivity contribution in [2.24, 2.45) is 0 Å². The van der Waals surface area contributed by atoms with Gasteiger partial charge in [0.2, 0.25) is 0 Å². The monoisotopic (exact) mass is 416 g/mol. The number of hydrogen-bond donors (Lipinski definition) is 1. The first-order valence-electron chi connectivity index (χ1n) is 8.81. The van der Waals surface area contributed by atoms with Crippen LogP contribution in [0.4, 0.5) is 5.69 Å². The molecule has 0 aliphatic rings. The summed E-state index contributed by atoms with van der Waals surface area (Å²) < 4.78 is 16.1. The Bertz CT molecular complexity index is 953. The van der Waals surface area contributed by atoms with E-state index in [-0.39, 0.29) is 22.4 Å². The van der Waals surface area contributed by atoms with Gasteiger partial charge in [0.25, 0.3) is 5.91 Å². The number of nitrogens with one attached hydrogen (secondary N) is 1. The number of benzene rings is 2. The summed E-state index contributed by atoms with van der Waals surface area (Å²) in [7, 11) is 1.43. The van der Waals surface area contributed by atoms with Crippen molar-refractivity contribution in [3.63, 3.8) is 0 Å². The van der Waals surface area contributed by atoms with Gasteiger partial charge in [-0.1, -0.05) is 17.7 Å². The molecule has 1 N–H and O–H groups in total. The molecule has 1 amide bonds. The lowest BCUT2D eigenvalue weighted by Gasteiger charge is -2.17. The minimum atomic E-state index is -1.08. The molecule has 2 rings (SSSR count). The van der Waals surface area contributed by atoms with E-state index in [0.717, 1.165) is 0 Å². The normalized spacial score (nSPS) is 11.3. The molecule has 152 valence electrons. The molecule has 0 spiro atoms. The van der Waals surface area contributed by atoms with Gasteiger partial charge >= 0.3 is 5.97 Å². The van der Waals surface area contributed by atoms with Crippen LogP contribution < -0.4 is 14.8 Å². The number of carbonyl (C=O) groups is 2. The van der Waals surface area contributed by atoms with Crippen LogP contribution in [0.15, 0.2) is 36.4 Å². The maximum absolute atomic E-state index is 12.5. The van der Waals surface area contributed by atoms with Crippen molar-refractivity contribution in [2.75, 3.05) is 12.4 Å². The summed E-state index contributed by atoms with van der Waals surface area (Å²) in [6.07, 6.45) is -1.22. The largest absolute Gasteiger partial charge is 0.493 e. The van der Waals surface area contributed by atoms with Crippen LogP contribution in [-0.4, -0.2) is 31.2 Å². The molecule has 0 radical (unpaired) electrons. The molecule has 0 aromatic heterocycles. The van der Waals surface area contributed by atoms with Gasteiger partial charge in [-0.05, 0) is 51.1 Å². The van der Waals surface area contributed by atoms with Crippen LogP contribution in [0.3, 0.4) is 0 Å². The van der Waals surface area contributed by atoms with E-state index in [1.165, 1.54) is 32.2 Å². The predicted octanol–water partition coefficient (Wildman–Crippen LogP) is 4.19. The van der Waals surface area contributed by atoms with E-state index in [4.69, 9.17) is 31.1 Å². The third-order valence-corrected chi connectivity index (χ3v) is 4.01. The van der Waals surface area contributed by atoms with Gasteiger partial charge in [-0.2, -0.15) is 5.26 Å². The number of halogens is 1. The number of carbonyl (C=O) groups excluding carboxylic acids is 2. The number of amides is 1. The third kappa shape index (κ3) is 5.87. The molecule has 0 aliphatic carbocycles. The lowest BCUT2D eigenvalue weighted by molar-refractivity contribution is -0.123. The fraction of sp³-hybridized carbons (Fsp3) is 0.286. The second-order valence-corrected chi connectivity index (χ2v) is 6.79. The van der Waals surface area contributed by atoms with E-state index >= 15 is 0 Å². The highest BCUT2D eigenvalue weighted by Gasteiger charge is 2.22. The fourth-order valence-corrected chi connectivity index (χ4v) is 2.64. The quantitative estimate of drug-likeness (QED) is 0.679. The van der Waals surface area contributed by atoms with Gasteiger partial charge in [0.05, 0.1) is 35.4 Å². The smallest absolute Gasteiger partial charge is 0.339 e. The molecule has 0 bridgehead atoms. The zero-order valence-corrected chi connectivity index (χ0v) is 17.2. The van der Waals surface area contributed by atoms with Gasteiger partial charge in [-0.25, -0.2) is 4.79 Å². The van der Waals surface area contributed by atoms with Crippen molar-refractivity contribution in [1.82, 2.24) is 0 Å². The number of nitrogens with zero attached hydrogens (tertiary/aromatic N) is 1. The van der Waals surface area contributed by atoms with Gasteiger partial charge in [0.1, 0.15) is 0 Å². The Morgan fingerprint density at radius 3 is 2.52 bits per heavy atom. The van der Waals surface area contributed by atoms with Crippen LogP contribution in [0.25, 0.3) is 0 Å². The van der Waals surface area contributed by atoms with Gasteiger partial charge in [0.15, 0.2) is 17.6 Å². The highest BCUT2D eigenvalue weighted by molar-refractivity contribution is 6.32. The van der Waals surface area contributed by atoms with E-state index in [9.17, 15) is 9.59 Å². The minimum Gasteiger partial charge on any atom is -0.493 e. The molecule has 0 aliphatic heterocycles. The molecule has 0 heterocycles. The lowest BCUT2D eigenvalue weighted by Crippen LogP contribution is -2.30. The van der Waals surface area contributed by atoms with Gasteiger partial charge in [0, 0.05) is 5.69 Å². The van der Waals surface area contributed by atoms with Crippen LogP contribution in [0, 0.1) is 11.3 Å². The van der Waals surface area contributed by atoms with Crippen LogP contribution in [0.1, 0.15) is 36.7 Å². The summed E-state index contributed by atoms with van der Waals surface area (Å²) in [5, 5.41) is 11.7. The molecule has 7 nitrogen and oxygen atoms in total. The standard InChI is InChI=1S/C21H21ClN2O5/c1-12(2)28-19-17(22)9-15(10-18(19)27-4)21(26)29-13(3)20(25)24-16-7-5-6-14(8-16)11-23/h5-10,12-13H,1-4H3,(H,24,25). The van der Waals surface area contributed by atoms with E-state index in [1.807, 2.05) is 19.9 Å². The molecule has 2 aromatic rings. The van der Waals surface area contributed by atoms with Crippen molar-refractivity contribution in [2.45, 2.75) is 33.0 Å². The van der Waals surface area contributed by atoms with Crippen LogP contribution in [0.2, 0.25) is 5.02 Å². The van der Waals surface area contributed by atoms with E-state index < -0.39 is 18.0 Å². The summed E-state index contributed by atoms with van der Waals surface area (Å²) in [4.78, 5) is 24.8. The summed E-state index contributed by atoms with van der Waals surface area (Å²) >= 11 is 6.22. The molecule has 0 saturated carbocycles. The fourth-order valence-electron chi connectivity index (χ4n) is 2.38. The average Bonchev–Trinajstić information content (AvgIpc) is 2.68. The first kappa shape index (κ1) is 22.1. The summed E-state index contributed by atoms with van der Waals surface area (Å²) in [5.41, 5.74) is 0.948. The van der Waals surface area contributed by atoms with Crippen molar-refractivity contribution >= 4 is 29.2 Å². The Kier molecular flexibility index (Phi) is 7.46. The van der Waals surface area contributed by atoms with Crippen LogP contribution >= 0.6 is 11.6 Å². The molecule has 0 fully saturated rings. The van der Waals surface area contributed by atoms with Gasteiger partial charge in [-0.15, -0.1) is 0 Å². The first-order valence-corrected chi connectivity index (χ1v) is 9.19. The predicted molar refractivity (Wildman–Crippen MR) is 108 cm³/mol. The molecular weight excluding hydrogens is 396 g/mol. The third-order valence-electron chi connectivity index (χ3n) is 3.73. The molecule has 2 aromatic carbocycles. The van der Waals surface area contributed by atoms with Gasteiger partial charge in [-0.3, -0.25) is 4.79 Å². The zero-order chi connectivity index (χ0) is 21.6. The lowest BCUT2D eigenvalue weighted by atomic mass is 10.2. The topological polar surface area (TPSA) is 97.6 Å². The Hall–Kier alpha value is -3.24. The number of methoxy groups -OCH3 is 1. The Balaban J connectivity index is 2.11. The van der Waals surface area contributed by atoms with E-state index in [0.29, 0.717) is 17.0 Å². The maximum atomic E-state index is 12.5. The average molecular weight is 417 g/mol. The number of hydrogen-bond acceptors (Lipinski definition) is 6. The second kappa shape index (κ2) is 9.80. The SMILES string of the molecule is COc1cc(C(=O)OC(C)C(=O)Nc2cccc(C#N)c2)cc(Cl)c1OC(C)C. The van der Waals surface area contributed by atoms with Crippen molar-refractivity contribution in [3.8, 4) is 17.6 Å². The number of esters is 1. The second-order valence-electron chi connectivity index (χ2n) is 6.39. The van der Waals surface area contributed by atoms with Crippen LogP contribution in [-0.2, 0) is 9.53 Å². The van der Waals surface area contributed by atoms with E-state index in [2.05, 4.69) is 5.32 Å². The number of nitriles is 1. The minimum absolute atomic E-state index is 0.120. The van der Waals surface area contributed by atoms with Crippen molar-refractivity contribution in [3.05, 3.63) is 52.5 Å². The Morgan fingerprint density at radius 1 is 1.17 bits per heavy atom. The molecule has 1 unspecified atom stereocenters. The molecular formula is C21H21ClN2O5. The maximum Gasteiger partial charge on any atom is 0.339 e. The summed E-state index contributed by atoms with van der Waals surface area (Å²) in [6, 6.07) is 11.2. The number of anilines is 1. The Morgan fingerprint density at radius 2 is 1.90 bits per heavy atom. The molecule has 0 saturated heterocycles. The van der Waals surface area contributed by atoms with Gasteiger partial charge < -0.3 is 19.5 Å². The zero-order valence-electron chi connectivity index (χ0n) is 16.5. The number of rotatable bonds is 7.